The Kier molecular flexibility index (Phi) is 3.80. The smallest absolute Gasteiger partial charge is 0.335 e. The number of carbonyl (C=O) groups is 2. The molecule has 0 amide bonds. The van der Waals surface area contributed by atoms with Gasteiger partial charge in [0.1, 0.15) is 11.5 Å². The predicted molar refractivity (Wildman–Crippen MR) is 74.0 cm³/mol. The molecule has 108 valence electrons. The van der Waals surface area contributed by atoms with Crippen molar-refractivity contribution in [3.8, 4) is 22.6 Å². The van der Waals surface area contributed by atoms with Crippen LogP contribution in [-0.2, 0) is 0 Å². The van der Waals surface area contributed by atoms with Crippen LogP contribution in [0.2, 0.25) is 0 Å². The van der Waals surface area contributed by atoms with Crippen LogP contribution >= 0.6 is 0 Å². The minimum Gasteiger partial charge on any atom is -0.507 e. The van der Waals surface area contributed by atoms with Crippen LogP contribution in [0.3, 0.4) is 0 Å². The number of phenols is 1. The summed E-state index contributed by atoms with van der Waals surface area (Å²) in [5.41, 5.74) is 0.834. The lowest BCUT2D eigenvalue weighted by atomic mass is 10.00. The molecule has 21 heavy (non-hydrogen) atoms. The summed E-state index contributed by atoms with van der Waals surface area (Å²) in [5, 5.41) is 27.8. The predicted octanol–water partition coefficient (Wildman–Crippen LogP) is 2.46. The summed E-state index contributed by atoms with van der Waals surface area (Å²) in [6, 6.07) is 8.13. The van der Waals surface area contributed by atoms with Gasteiger partial charge in [0.25, 0.3) is 0 Å². The second-order valence-electron chi connectivity index (χ2n) is 4.26. The molecule has 6 heteroatoms. The molecular formula is C15H12O6. The van der Waals surface area contributed by atoms with Crippen molar-refractivity contribution in [2.75, 3.05) is 7.11 Å². The van der Waals surface area contributed by atoms with Gasteiger partial charge in [-0.1, -0.05) is 0 Å². The van der Waals surface area contributed by atoms with E-state index in [2.05, 4.69) is 0 Å². The zero-order valence-electron chi connectivity index (χ0n) is 11.0. The third-order valence-corrected chi connectivity index (χ3v) is 2.98. The summed E-state index contributed by atoms with van der Waals surface area (Å²) in [6.07, 6.45) is 0. The fourth-order valence-corrected chi connectivity index (χ4v) is 1.94. The maximum Gasteiger partial charge on any atom is 0.335 e. The number of carboxylic acids is 2. The summed E-state index contributed by atoms with van der Waals surface area (Å²) in [7, 11) is 1.38. The third kappa shape index (κ3) is 2.79. The molecule has 0 saturated carbocycles. The minimum atomic E-state index is -1.15. The molecule has 0 saturated heterocycles. The van der Waals surface area contributed by atoms with Crippen LogP contribution in [0, 0.1) is 0 Å². The van der Waals surface area contributed by atoms with Crippen LogP contribution in [0.1, 0.15) is 20.7 Å². The highest BCUT2D eigenvalue weighted by molar-refractivity contribution is 5.92. The van der Waals surface area contributed by atoms with Gasteiger partial charge in [-0.3, -0.25) is 0 Å². The number of hydrogen-bond acceptors (Lipinski definition) is 4. The first-order valence-electron chi connectivity index (χ1n) is 5.92. The average Bonchev–Trinajstić information content (AvgIpc) is 2.46. The van der Waals surface area contributed by atoms with E-state index < -0.39 is 11.9 Å². The first kappa shape index (κ1) is 14.4. The standard InChI is InChI=1S/C15H12O6/c1-21-13-7-9(15(19)20)3-5-11(13)10-4-2-8(14(17)18)6-12(10)16/h2-7,16H,1H3,(H,17,18)(H,19,20). The second-order valence-corrected chi connectivity index (χ2v) is 4.26. The molecule has 3 N–H and O–H groups in total. The molecule has 0 aliphatic carbocycles. The van der Waals surface area contributed by atoms with E-state index in [1.54, 1.807) is 0 Å². The van der Waals surface area contributed by atoms with Gasteiger partial charge in [0.15, 0.2) is 0 Å². The van der Waals surface area contributed by atoms with E-state index >= 15 is 0 Å². The fraction of sp³-hybridized carbons (Fsp3) is 0.0667. The van der Waals surface area contributed by atoms with Crippen molar-refractivity contribution < 1.29 is 29.6 Å². The number of phenolic OH excluding ortho intramolecular Hbond substituents is 1. The van der Waals surface area contributed by atoms with Crippen LogP contribution in [-0.4, -0.2) is 34.4 Å². The van der Waals surface area contributed by atoms with Gasteiger partial charge in [0.05, 0.1) is 18.2 Å². The van der Waals surface area contributed by atoms with E-state index in [1.807, 2.05) is 0 Å². The SMILES string of the molecule is COc1cc(C(=O)O)ccc1-c1ccc(C(=O)O)cc1O. The number of ether oxygens (including phenoxy) is 1. The highest BCUT2D eigenvalue weighted by Gasteiger charge is 2.15. The van der Waals surface area contributed by atoms with E-state index in [-0.39, 0.29) is 22.6 Å². The maximum atomic E-state index is 10.9. The molecule has 0 aliphatic heterocycles. The topological polar surface area (TPSA) is 104 Å². The van der Waals surface area contributed by atoms with Crippen molar-refractivity contribution in [2.24, 2.45) is 0 Å². The first-order valence-corrected chi connectivity index (χ1v) is 5.92. The number of aromatic carboxylic acids is 2. The zero-order chi connectivity index (χ0) is 15.6. The molecule has 0 fully saturated rings. The molecule has 0 unspecified atom stereocenters. The molecule has 0 heterocycles. The monoisotopic (exact) mass is 288 g/mol. The van der Waals surface area contributed by atoms with E-state index in [0.717, 1.165) is 6.07 Å². The largest absolute Gasteiger partial charge is 0.507 e. The van der Waals surface area contributed by atoms with Crippen LogP contribution in [0.15, 0.2) is 36.4 Å². The third-order valence-electron chi connectivity index (χ3n) is 2.98. The molecule has 0 atom stereocenters. The van der Waals surface area contributed by atoms with Gasteiger partial charge in [-0.2, -0.15) is 0 Å². The summed E-state index contributed by atoms with van der Waals surface area (Å²) in [5.74, 6) is -2.19. The van der Waals surface area contributed by atoms with Crippen LogP contribution in [0.4, 0.5) is 0 Å². The fourth-order valence-electron chi connectivity index (χ4n) is 1.94. The Bertz CT molecular complexity index is 720. The van der Waals surface area contributed by atoms with Gasteiger partial charge in [0.2, 0.25) is 0 Å². The van der Waals surface area contributed by atoms with Crippen molar-refractivity contribution in [2.45, 2.75) is 0 Å². The lowest BCUT2D eigenvalue weighted by molar-refractivity contribution is 0.0685. The quantitative estimate of drug-likeness (QED) is 0.798. The molecule has 2 aromatic carbocycles. The molecule has 6 nitrogen and oxygen atoms in total. The van der Waals surface area contributed by atoms with Crippen molar-refractivity contribution in [3.05, 3.63) is 47.5 Å². The van der Waals surface area contributed by atoms with Gasteiger partial charge in [-0.15, -0.1) is 0 Å². The lowest BCUT2D eigenvalue weighted by Crippen LogP contribution is -1.99. The van der Waals surface area contributed by atoms with Crippen LogP contribution in [0.5, 0.6) is 11.5 Å². The van der Waals surface area contributed by atoms with Crippen molar-refractivity contribution in [1.82, 2.24) is 0 Å². The van der Waals surface area contributed by atoms with E-state index in [0.29, 0.717) is 11.1 Å². The van der Waals surface area contributed by atoms with Crippen molar-refractivity contribution >= 4 is 11.9 Å². The molecule has 0 aliphatic rings. The Balaban J connectivity index is 2.56. The number of carboxylic acid groups (broad SMARTS) is 2. The Morgan fingerprint density at radius 3 is 1.90 bits per heavy atom. The number of hydrogen-bond donors (Lipinski definition) is 3. The Hall–Kier alpha value is -3.02. The van der Waals surface area contributed by atoms with Gasteiger partial charge < -0.3 is 20.1 Å². The second kappa shape index (κ2) is 5.54. The molecule has 0 radical (unpaired) electrons. The molecule has 0 spiro atoms. The number of aromatic hydroxyl groups is 1. The van der Waals surface area contributed by atoms with Gasteiger partial charge in [0, 0.05) is 11.1 Å². The van der Waals surface area contributed by atoms with E-state index in [4.69, 9.17) is 14.9 Å². The Morgan fingerprint density at radius 2 is 1.43 bits per heavy atom. The van der Waals surface area contributed by atoms with Crippen molar-refractivity contribution in [1.29, 1.82) is 0 Å². The van der Waals surface area contributed by atoms with Crippen LogP contribution < -0.4 is 4.74 Å². The average molecular weight is 288 g/mol. The summed E-state index contributed by atoms with van der Waals surface area (Å²) < 4.78 is 5.13. The molecule has 2 rings (SSSR count). The highest BCUT2D eigenvalue weighted by atomic mass is 16.5. The number of methoxy groups -OCH3 is 1. The van der Waals surface area contributed by atoms with Crippen molar-refractivity contribution in [3.63, 3.8) is 0 Å². The highest BCUT2D eigenvalue weighted by Crippen LogP contribution is 2.36. The Labute approximate surface area is 119 Å². The molecular weight excluding hydrogens is 276 g/mol. The molecule has 0 bridgehead atoms. The van der Waals surface area contributed by atoms with Gasteiger partial charge >= 0.3 is 11.9 Å². The lowest BCUT2D eigenvalue weighted by Gasteiger charge is -2.11. The summed E-state index contributed by atoms with van der Waals surface area (Å²) in [6.45, 7) is 0. The molecule has 0 aromatic heterocycles. The summed E-state index contributed by atoms with van der Waals surface area (Å²) in [4.78, 5) is 21.8. The van der Waals surface area contributed by atoms with Gasteiger partial charge in [-0.05, 0) is 36.4 Å². The van der Waals surface area contributed by atoms with Gasteiger partial charge in [-0.25, -0.2) is 9.59 Å². The summed E-state index contributed by atoms with van der Waals surface area (Å²) >= 11 is 0. The Morgan fingerprint density at radius 1 is 0.905 bits per heavy atom. The number of benzene rings is 2. The number of rotatable bonds is 4. The van der Waals surface area contributed by atoms with Crippen LogP contribution in [0.25, 0.3) is 11.1 Å². The van der Waals surface area contributed by atoms with E-state index in [1.165, 1.54) is 37.4 Å². The minimum absolute atomic E-state index is 0.0441. The first-order chi connectivity index (χ1) is 9.93. The molecule has 2 aromatic rings. The zero-order valence-corrected chi connectivity index (χ0v) is 11.0. The van der Waals surface area contributed by atoms with E-state index in [9.17, 15) is 14.7 Å². The normalized spacial score (nSPS) is 10.1. The maximum absolute atomic E-state index is 10.9.